The molecule has 5 heteroatoms. The van der Waals surface area contributed by atoms with Gasteiger partial charge < -0.3 is 5.11 Å². The van der Waals surface area contributed by atoms with E-state index in [-0.39, 0.29) is 6.54 Å². The van der Waals surface area contributed by atoms with E-state index in [0.29, 0.717) is 24.9 Å². The van der Waals surface area contributed by atoms with Gasteiger partial charge in [0.05, 0.1) is 0 Å². The number of β-amino-alcohol motifs (C(OH)–C–C–N with tert-alkyl or cyclic N) is 1. The highest BCUT2D eigenvalue weighted by atomic mass is 19.4. The number of halogens is 3. The molecule has 14 heavy (non-hydrogen) atoms. The molecule has 84 valence electrons. The Morgan fingerprint density at radius 3 is 2.07 bits per heavy atom. The van der Waals surface area contributed by atoms with Crippen molar-refractivity contribution < 1.29 is 18.3 Å². The van der Waals surface area contributed by atoms with Crippen LogP contribution in [0.5, 0.6) is 0 Å². The second-order valence-corrected chi connectivity index (χ2v) is 4.23. The minimum absolute atomic E-state index is 0.293. The third-order valence-corrected chi connectivity index (χ3v) is 2.87. The van der Waals surface area contributed by atoms with Crippen LogP contribution in [0.4, 0.5) is 13.2 Å². The first-order valence-corrected chi connectivity index (χ1v) is 4.78. The van der Waals surface area contributed by atoms with E-state index in [9.17, 15) is 13.2 Å². The summed E-state index contributed by atoms with van der Waals surface area (Å²) >= 11 is 0. The Hall–Kier alpha value is -0.290. The van der Waals surface area contributed by atoms with Crippen LogP contribution in [0, 0.1) is 11.8 Å². The first kappa shape index (κ1) is 11.8. The van der Waals surface area contributed by atoms with E-state index in [1.54, 1.807) is 4.90 Å². The maximum Gasteiger partial charge on any atom is 0.415 e. The molecule has 0 spiro atoms. The normalized spacial score (nSPS) is 32.1. The van der Waals surface area contributed by atoms with Crippen LogP contribution < -0.4 is 0 Å². The number of aliphatic hydroxyl groups excluding tert-OH is 1. The van der Waals surface area contributed by atoms with Crippen molar-refractivity contribution >= 4 is 0 Å². The van der Waals surface area contributed by atoms with Crippen molar-refractivity contribution in [2.45, 2.75) is 26.1 Å². The van der Waals surface area contributed by atoms with E-state index >= 15 is 0 Å². The van der Waals surface area contributed by atoms with Gasteiger partial charge in [0.2, 0.25) is 0 Å². The average Bonchev–Trinajstić information content (AvgIpc) is 2.29. The number of hydrogen-bond acceptors (Lipinski definition) is 2. The molecular weight excluding hydrogens is 195 g/mol. The van der Waals surface area contributed by atoms with Crippen molar-refractivity contribution in [1.29, 1.82) is 0 Å². The van der Waals surface area contributed by atoms with Gasteiger partial charge in [0.25, 0.3) is 0 Å². The largest absolute Gasteiger partial charge is 0.415 e. The average molecular weight is 211 g/mol. The highest BCUT2D eigenvalue weighted by Gasteiger charge is 2.40. The summed E-state index contributed by atoms with van der Waals surface area (Å²) in [7, 11) is 0. The van der Waals surface area contributed by atoms with Gasteiger partial charge in [0.1, 0.15) is 0 Å². The summed E-state index contributed by atoms with van der Waals surface area (Å²) in [5.74, 6) is 0.825. The van der Waals surface area contributed by atoms with Crippen LogP contribution in [0.2, 0.25) is 0 Å². The topological polar surface area (TPSA) is 23.5 Å². The Morgan fingerprint density at radius 1 is 1.29 bits per heavy atom. The molecule has 1 fully saturated rings. The standard InChI is InChI=1S/C9H16F3NO/c1-6-3-13(4-7(6)2)5-8(14)9(10,11)12/h6-8,14H,3-5H2,1-2H3. The van der Waals surface area contributed by atoms with Crippen LogP contribution >= 0.6 is 0 Å². The Labute approximate surface area is 81.7 Å². The number of aliphatic hydroxyl groups is 1. The molecule has 1 aliphatic heterocycles. The molecule has 0 aromatic carbocycles. The maximum atomic E-state index is 12.0. The maximum absolute atomic E-state index is 12.0. The number of alkyl halides is 3. The predicted molar refractivity (Wildman–Crippen MR) is 46.8 cm³/mol. The van der Waals surface area contributed by atoms with E-state index in [2.05, 4.69) is 0 Å². The monoisotopic (exact) mass is 211 g/mol. The van der Waals surface area contributed by atoms with Crippen LogP contribution in [-0.2, 0) is 0 Å². The highest BCUT2D eigenvalue weighted by molar-refractivity contribution is 4.81. The molecule has 1 aliphatic rings. The molecule has 1 saturated heterocycles. The molecular formula is C9H16F3NO. The molecule has 0 bridgehead atoms. The lowest BCUT2D eigenvalue weighted by Crippen LogP contribution is -2.40. The van der Waals surface area contributed by atoms with Crippen LogP contribution in [0.1, 0.15) is 13.8 Å². The molecule has 0 radical (unpaired) electrons. The van der Waals surface area contributed by atoms with Gasteiger partial charge in [-0.05, 0) is 11.8 Å². The van der Waals surface area contributed by atoms with Crippen molar-refractivity contribution in [1.82, 2.24) is 4.90 Å². The summed E-state index contributed by atoms with van der Waals surface area (Å²) in [6, 6.07) is 0. The molecule has 1 N–H and O–H groups in total. The summed E-state index contributed by atoms with van der Waals surface area (Å²) < 4.78 is 36.1. The second kappa shape index (κ2) is 4.06. The Morgan fingerprint density at radius 2 is 1.71 bits per heavy atom. The van der Waals surface area contributed by atoms with E-state index in [1.165, 1.54) is 0 Å². The van der Waals surface area contributed by atoms with Gasteiger partial charge in [-0.1, -0.05) is 13.8 Å². The minimum atomic E-state index is -4.49. The van der Waals surface area contributed by atoms with E-state index in [0.717, 1.165) is 0 Å². The molecule has 3 atom stereocenters. The van der Waals surface area contributed by atoms with Crippen LogP contribution in [0.25, 0.3) is 0 Å². The fourth-order valence-corrected chi connectivity index (χ4v) is 1.75. The zero-order valence-corrected chi connectivity index (χ0v) is 8.38. The van der Waals surface area contributed by atoms with E-state index in [1.807, 2.05) is 13.8 Å². The first-order chi connectivity index (χ1) is 6.30. The smallest absolute Gasteiger partial charge is 0.382 e. The van der Waals surface area contributed by atoms with Gasteiger partial charge in [-0.3, -0.25) is 4.90 Å². The van der Waals surface area contributed by atoms with Crippen molar-refractivity contribution in [2.75, 3.05) is 19.6 Å². The Balaban J connectivity index is 2.40. The van der Waals surface area contributed by atoms with Gasteiger partial charge in [0, 0.05) is 19.6 Å². The number of likely N-dealkylation sites (tertiary alicyclic amines) is 1. The highest BCUT2D eigenvalue weighted by Crippen LogP contribution is 2.25. The predicted octanol–water partition coefficient (Wildman–Crippen LogP) is 1.50. The minimum Gasteiger partial charge on any atom is -0.382 e. The summed E-state index contributed by atoms with van der Waals surface area (Å²) in [5, 5.41) is 8.85. The second-order valence-electron chi connectivity index (χ2n) is 4.23. The molecule has 0 amide bonds. The Kier molecular flexibility index (Phi) is 3.42. The summed E-state index contributed by atoms with van der Waals surface area (Å²) in [4.78, 5) is 1.67. The molecule has 1 heterocycles. The summed E-state index contributed by atoms with van der Waals surface area (Å²) in [5.41, 5.74) is 0. The van der Waals surface area contributed by atoms with Crippen LogP contribution in [-0.4, -0.2) is 41.9 Å². The van der Waals surface area contributed by atoms with E-state index < -0.39 is 12.3 Å². The number of rotatable bonds is 2. The van der Waals surface area contributed by atoms with Gasteiger partial charge in [-0.25, -0.2) is 0 Å². The quantitative estimate of drug-likeness (QED) is 0.748. The molecule has 0 aromatic heterocycles. The first-order valence-electron chi connectivity index (χ1n) is 4.78. The molecule has 0 aliphatic carbocycles. The zero-order chi connectivity index (χ0) is 10.9. The van der Waals surface area contributed by atoms with Crippen molar-refractivity contribution in [3.05, 3.63) is 0 Å². The van der Waals surface area contributed by atoms with E-state index in [4.69, 9.17) is 5.11 Å². The van der Waals surface area contributed by atoms with Crippen molar-refractivity contribution in [2.24, 2.45) is 11.8 Å². The van der Waals surface area contributed by atoms with Gasteiger partial charge in [-0.2, -0.15) is 13.2 Å². The molecule has 2 nitrogen and oxygen atoms in total. The summed E-state index contributed by atoms with van der Waals surface area (Å²) in [6.07, 6.45) is -6.70. The lowest BCUT2D eigenvalue weighted by Gasteiger charge is -2.21. The fourth-order valence-electron chi connectivity index (χ4n) is 1.75. The molecule has 0 aromatic rings. The van der Waals surface area contributed by atoms with Gasteiger partial charge in [0.15, 0.2) is 6.10 Å². The van der Waals surface area contributed by atoms with Crippen molar-refractivity contribution in [3.8, 4) is 0 Å². The summed E-state index contributed by atoms with van der Waals surface area (Å²) in [6.45, 7) is 5.04. The van der Waals surface area contributed by atoms with Crippen LogP contribution in [0.3, 0.4) is 0 Å². The molecule has 1 rings (SSSR count). The Bertz CT molecular complexity index is 185. The van der Waals surface area contributed by atoms with Gasteiger partial charge in [-0.15, -0.1) is 0 Å². The van der Waals surface area contributed by atoms with Crippen molar-refractivity contribution in [3.63, 3.8) is 0 Å². The third kappa shape index (κ3) is 2.85. The lowest BCUT2D eigenvalue weighted by molar-refractivity contribution is -0.207. The fraction of sp³-hybridized carbons (Fsp3) is 1.00. The number of hydrogen-bond donors (Lipinski definition) is 1. The zero-order valence-electron chi connectivity index (χ0n) is 8.38. The number of nitrogens with zero attached hydrogens (tertiary/aromatic N) is 1. The third-order valence-electron chi connectivity index (χ3n) is 2.87. The lowest BCUT2D eigenvalue weighted by atomic mass is 10.0. The van der Waals surface area contributed by atoms with Crippen LogP contribution in [0.15, 0.2) is 0 Å². The van der Waals surface area contributed by atoms with Gasteiger partial charge >= 0.3 is 6.18 Å². The SMILES string of the molecule is CC1CN(CC(O)C(F)(F)F)CC1C. The molecule has 3 unspecified atom stereocenters. The molecule has 0 saturated carbocycles.